The molecule has 0 bridgehead atoms. The fourth-order valence-corrected chi connectivity index (χ4v) is 0.558. The second-order valence-corrected chi connectivity index (χ2v) is 2.57. The van der Waals surface area contributed by atoms with Crippen LogP contribution in [0.25, 0.3) is 0 Å². The first-order chi connectivity index (χ1) is 3.18. The number of carbonyl (C=O) groups is 1. The average Bonchev–Trinajstić information content (AvgIpc) is 1.65. The molecule has 0 saturated carbocycles. The predicted molar refractivity (Wildman–Crippen MR) is 31.6 cm³/mol. The fraction of sp³-hybridized carbons (Fsp3) is 0.800. The standard InChI is InChI=1S/C5H10OSe/c1-3-4(2)5(6)7/h4H,3H2,1-2H3,(H,6,7). The van der Waals surface area contributed by atoms with E-state index in [1.807, 2.05) is 29.9 Å². The van der Waals surface area contributed by atoms with Crippen molar-refractivity contribution >= 4 is 20.7 Å². The van der Waals surface area contributed by atoms with Crippen LogP contribution in [0.4, 0.5) is 0 Å². The quantitative estimate of drug-likeness (QED) is 0.543. The molecule has 0 heterocycles. The van der Waals surface area contributed by atoms with Crippen LogP contribution in [0.15, 0.2) is 0 Å². The van der Waals surface area contributed by atoms with Gasteiger partial charge in [0.1, 0.15) is 0 Å². The van der Waals surface area contributed by atoms with E-state index in [1.54, 1.807) is 0 Å². The Bertz CT molecular complexity index is 70.5. The minimum absolute atomic E-state index is 0.231. The topological polar surface area (TPSA) is 17.1 Å². The molecule has 0 rings (SSSR count). The molecule has 0 radical (unpaired) electrons. The third kappa shape index (κ3) is 2.84. The van der Waals surface area contributed by atoms with Gasteiger partial charge in [-0.15, -0.1) is 0 Å². The maximum absolute atomic E-state index is 10.3. The van der Waals surface area contributed by atoms with E-state index < -0.39 is 0 Å². The first-order valence-electron chi connectivity index (χ1n) is 2.41. The summed E-state index contributed by atoms with van der Waals surface area (Å²) in [5, 5.41) is 0. The summed E-state index contributed by atoms with van der Waals surface area (Å²) in [6.45, 7) is 3.94. The van der Waals surface area contributed by atoms with Crippen LogP contribution < -0.4 is 0 Å². The molecule has 1 atom stereocenters. The molecule has 0 aliphatic rings. The Labute approximate surface area is 52.3 Å². The number of rotatable bonds is 2. The average molecular weight is 165 g/mol. The SMILES string of the molecule is CCC(C)C(=O)[SeH]. The normalized spacial score (nSPS) is 13.6. The Balaban J connectivity index is 3.34. The summed E-state index contributed by atoms with van der Waals surface area (Å²) in [4.78, 5) is 10.3. The number of carbonyl (C=O) groups excluding carboxylic acids is 1. The van der Waals surface area contributed by atoms with Crippen molar-refractivity contribution in [1.29, 1.82) is 0 Å². The van der Waals surface area contributed by atoms with Crippen molar-refractivity contribution in [1.82, 2.24) is 0 Å². The van der Waals surface area contributed by atoms with Gasteiger partial charge in [-0.1, -0.05) is 0 Å². The van der Waals surface area contributed by atoms with E-state index in [0.717, 1.165) is 6.42 Å². The van der Waals surface area contributed by atoms with Crippen LogP contribution >= 0.6 is 0 Å². The minimum atomic E-state index is 0.231. The molecule has 0 fully saturated rings. The molecule has 0 aliphatic heterocycles. The van der Waals surface area contributed by atoms with E-state index in [9.17, 15) is 4.79 Å². The second-order valence-electron chi connectivity index (χ2n) is 1.65. The third-order valence-corrected chi connectivity index (χ3v) is 1.96. The Hall–Kier alpha value is 0.189. The summed E-state index contributed by atoms with van der Waals surface area (Å²) in [7, 11) is 0. The Morgan fingerprint density at radius 3 is 2.29 bits per heavy atom. The Morgan fingerprint density at radius 1 is 1.86 bits per heavy atom. The van der Waals surface area contributed by atoms with Gasteiger partial charge in [0.25, 0.3) is 0 Å². The summed E-state index contributed by atoms with van der Waals surface area (Å²) < 4.78 is 0.231. The van der Waals surface area contributed by atoms with Gasteiger partial charge < -0.3 is 0 Å². The Kier molecular flexibility index (Phi) is 3.31. The summed E-state index contributed by atoms with van der Waals surface area (Å²) in [5.41, 5.74) is 0. The van der Waals surface area contributed by atoms with E-state index >= 15 is 0 Å². The van der Waals surface area contributed by atoms with E-state index in [-0.39, 0.29) is 10.6 Å². The molecule has 42 valence electrons. The van der Waals surface area contributed by atoms with Crippen molar-refractivity contribution in [3.63, 3.8) is 0 Å². The van der Waals surface area contributed by atoms with Crippen LogP contribution in [0.3, 0.4) is 0 Å². The molecular formula is C5H10OSe. The Morgan fingerprint density at radius 2 is 2.29 bits per heavy atom. The van der Waals surface area contributed by atoms with Gasteiger partial charge in [-0.3, -0.25) is 0 Å². The van der Waals surface area contributed by atoms with Crippen molar-refractivity contribution in [2.24, 2.45) is 5.92 Å². The van der Waals surface area contributed by atoms with Crippen molar-refractivity contribution in [2.45, 2.75) is 20.3 Å². The molecule has 0 N–H and O–H groups in total. The molecule has 0 amide bonds. The number of hydrogen-bond acceptors (Lipinski definition) is 1. The van der Waals surface area contributed by atoms with Gasteiger partial charge in [0.05, 0.1) is 0 Å². The van der Waals surface area contributed by atoms with Gasteiger partial charge >= 0.3 is 51.7 Å². The molecule has 0 aromatic heterocycles. The van der Waals surface area contributed by atoms with Gasteiger partial charge in [-0.25, -0.2) is 0 Å². The van der Waals surface area contributed by atoms with Gasteiger partial charge in [0.15, 0.2) is 0 Å². The van der Waals surface area contributed by atoms with E-state index in [2.05, 4.69) is 0 Å². The fourth-order valence-electron chi connectivity index (χ4n) is 0.175. The van der Waals surface area contributed by atoms with Crippen LogP contribution in [-0.4, -0.2) is 20.7 Å². The van der Waals surface area contributed by atoms with Crippen molar-refractivity contribution in [3.8, 4) is 0 Å². The van der Waals surface area contributed by atoms with Crippen molar-refractivity contribution < 1.29 is 4.79 Å². The van der Waals surface area contributed by atoms with Crippen LogP contribution in [0.2, 0.25) is 0 Å². The summed E-state index contributed by atoms with van der Waals surface area (Å²) >= 11 is 2.04. The molecule has 0 saturated heterocycles. The summed E-state index contributed by atoms with van der Waals surface area (Å²) in [6, 6.07) is 0. The molecule has 0 spiro atoms. The predicted octanol–water partition coefficient (Wildman–Crippen LogP) is 0.460. The summed E-state index contributed by atoms with van der Waals surface area (Å²) in [5.74, 6) is 0.236. The zero-order valence-corrected chi connectivity index (χ0v) is 6.52. The van der Waals surface area contributed by atoms with Crippen molar-refractivity contribution in [2.75, 3.05) is 0 Å². The molecule has 7 heavy (non-hydrogen) atoms. The first-order valence-corrected chi connectivity index (χ1v) is 3.35. The molecule has 1 unspecified atom stereocenters. The van der Waals surface area contributed by atoms with Crippen LogP contribution in [0, 0.1) is 5.92 Å². The first kappa shape index (κ1) is 7.19. The third-order valence-electron chi connectivity index (χ3n) is 1.03. The zero-order chi connectivity index (χ0) is 5.86. The van der Waals surface area contributed by atoms with E-state index in [1.165, 1.54) is 0 Å². The van der Waals surface area contributed by atoms with Crippen LogP contribution in [0.5, 0.6) is 0 Å². The molecule has 0 aliphatic carbocycles. The molecule has 2 heteroatoms. The molecule has 0 aromatic rings. The van der Waals surface area contributed by atoms with Gasteiger partial charge in [0, 0.05) is 0 Å². The van der Waals surface area contributed by atoms with Crippen LogP contribution in [0.1, 0.15) is 20.3 Å². The molecule has 1 nitrogen and oxygen atoms in total. The van der Waals surface area contributed by atoms with Gasteiger partial charge in [0.2, 0.25) is 0 Å². The van der Waals surface area contributed by atoms with Gasteiger partial charge in [-0.2, -0.15) is 0 Å². The molecule has 0 aromatic carbocycles. The zero-order valence-electron chi connectivity index (χ0n) is 4.64. The second kappa shape index (κ2) is 3.22. The molecular weight excluding hydrogens is 155 g/mol. The summed E-state index contributed by atoms with van der Waals surface area (Å²) in [6.07, 6.45) is 0.952. The monoisotopic (exact) mass is 166 g/mol. The van der Waals surface area contributed by atoms with E-state index in [0.29, 0.717) is 0 Å². The number of hydrogen-bond donors (Lipinski definition) is 0. The van der Waals surface area contributed by atoms with Crippen LogP contribution in [-0.2, 0) is 4.79 Å². The van der Waals surface area contributed by atoms with E-state index in [4.69, 9.17) is 0 Å². The maximum atomic E-state index is 10.3. The van der Waals surface area contributed by atoms with Gasteiger partial charge in [-0.05, 0) is 0 Å². The van der Waals surface area contributed by atoms with Crippen molar-refractivity contribution in [3.05, 3.63) is 0 Å².